The molecule has 0 saturated carbocycles. The monoisotopic (exact) mass is 376 g/mol. The molecule has 0 atom stereocenters. The predicted molar refractivity (Wildman–Crippen MR) is 112 cm³/mol. The Morgan fingerprint density at radius 3 is 1.50 bits per heavy atom. The average Bonchev–Trinajstić information content (AvgIpc) is 2.68. The van der Waals surface area contributed by atoms with Crippen LogP contribution in [0.2, 0.25) is 0 Å². The third-order valence-electron chi connectivity index (χ3n) is 4.09. The van der Waals surface area contributed by atoms with E-state index in [1.165, 1.54) is 49.7 Å². The van der Waals surface area contributed by atoms with Gasteiger partial charge in [0.2, 0.25) is 0 Å². The Labute approximate surface area is 160 Å². The SMILES string of the molecule is CCCCCCCCCCOP(O)O.c1ccc(-c2ccccc2)cc1. The van der Waals surface area contributed by atoms with Crippen molar-refractivity contribution < 1.29 is 14.3 Å². The zero-order valence-electron chi connectivity index (χ0n) is 15.9. The van der Waals surface area contributed by atoms with Crippen molar-refractivity contribution in [1.29, 1.82) is 0 Å². The Morgan fingerprint density at radius 2 is 1.08 bits per heavy atom. The standard InChI is InChI=1S/C12H10.C10H23O3P/c1-3-7-11(8-4-1)12-9-5-2-6-10-12;1-2-3-4-5-6-7-8-9-10-13-14(11)12/h1-10H;11-12H,2-10H2,1H3. The second kappa shape index (κ2) is 16.0. The summed E-state index contributed by atoms with van der Waals surface area (Å²) in [5.41, 5.74) is 2.55. The molecule has 4 heteroatoms. The molecule has 0 aliphatic rings. The van der Waals surface area contributed by atoms with Crippen LogP contribution in [0.1, 0.15) is 58.3 Å². The van der Waals surface area contributed by atoms with Gasteiger partial charge in [0.1, 0.15) is 0 Å². The Balaban J connectivity index is 0.000000262. The van der Waals surface area contributed by atoms with E-state index in [-0.39, 0.29) is 0 Å². The smallest absolute Gasteiger partial charge is 0.327 e. The van der Waals surface area contributed by atoms with Gasteiger partial charge in [0.15, 0.2) is 0 Å². The van der Waals surface area contributed by atoms with Crippen molar-refractivity contribution in [3.05, 3.63) is 60.7 Å². The largest absolute Gasteiger partial charge is 0.328 e. The molecule has 3 nitrogen and oxygen atoms in total. The first-order valence-corrected chi connectivity index (χ1v) is 10.8. The van der Waals surface area contributed by atoms with Gasteiger partial charge in [0.25, 0.3) is 0 Å². The molecule has 0 aliphatic heterocycles. The van der Waals surface area contributed by atoms with Gasteiger partial charge in [0.05, 0.1) is 6.61 Å². The Bertz CT molecular complexity index is 494. The molecule has 0 radical (unpaired) electrons. The fourth-order valence-electron chi connectivity index (χ4n) is 2.64. The molecule has 144 valence electrons. The van der Waals surface area contributed by atoms with Gasteiger partial charge < -0.3 is 14.3 Å². The van der Waals surface area contributed by atoms with Gasteiger partial charge in [-0.2, -0.15) is 0 Å². The summed E-state index contributed by atoms with van der Waals surface area (Å²) in [6, 6.07) is 20.8. The molecule has 2 N–H and O–H groups in total. The summed E-state index contributed by atoms with van der Waals surface area (Å²) in [6.45, 7) is 2.70. The van der Waals surface area contributed by atoms with Gasteiger partial charge in [-0.1, -0.05) is 113 Å². The van der Waals surface area contributed by atoms with E-state index < -0.39 is 8.60 Å². The van der Waals surface area contributed by atoms with Gasteiger partial charge in [-0.15, -0.1) is 0 Å². The molecular formula is C22H33O3P. The maximum absolute atomic E-state index is 8.45. The maximum Gasteiger partial charge on any atom is 0.327 e. The van der Waals surface area contributed by atoms with Crippen LogP contribution in [-0.2, 0) is 4.52 Å². The zero-order valence-corrected chi connectivity index (χ0v) is 16.8. The highest BCUT2D eigenvalue weighted by Gasteiger charge is 1.97. The molecule has 2 rings (SSSR count). The van der Waals surface area contributed by atoms with Crippen LogP contribution in [0.3, 0.4) is 0 Å². The molecule has 2 aromatic carbocycles. The number of hydrogen-bond acceptors (Lipinski definition) is 3. The van der Waals surface area contributed by atoms with E-state index in [0.717, 1.165) is 12.8 Å². The molecule has 0 saturated heterocycles. The van der Waals surface area contributed by atoms with E-state index in [1.807, 2.05) is 12.1 Å². The second-order valence-electron chi connectivity index (χ2n) is 6.29. The van der Waals surface area contributed by atoms with Gasteiger partial charge in [-0.05, 0) is 17.5 Å². The molecule has 0 aliphatic carbocycles. The molecule has 26 heavy (non-hydrogen) atoms. The third kappa shape index (κ3) is 12.2. The fraction of sp³-hybridized carbons (Fsp3) is 0.455. The van der Waals surface area contributed by atoms with E-state index in [9.17, 15) is 0 Å². The lowest BCUT2D eigenvalue weighted by Gasteiger charge is -2.03. The first kappa shape index (κ1) is 22.8. The van der Waals surface area contributed by atoms with Crippen LogP contribution in [0.4, 0.5) is 0 Å². The number of rotatable bonds is 11. The van der Waals surface area contributed by atoms with Crippen LogP contribution in [0.5, 0.6) is 0 Å². The summed E-state index contributed by atoms with van der Waals surface area (Å²) >= 11 is 0. The normalized spacial score (nSPS) is 10.5. The van der Waals surface area contributed by atoms with Gasteiger partial charge in [-0.25, -0.2) is 0 Å². The molecule has 0 bridgehead atoms. The molecule has 0 spiro atoms. The van der Waals surface area contributed by atoms with Crippen LogP contribution in [-0.4, -0.2) is 16.4 Å². The van der Waals surface area contributed by atoms with Gasteiger partial charge in [0, 0.05) is 0 Å². The van der Waals surface area contributed by atoms with Crippen LogP contribution in [0.15, 0.2) is 60.7 Å². The lowest BCUT2D eigenvalue weighted by atomic mass is 10.1. The fourth-order valence-corrected chi connectivity index (χ4v) is 2.94. The third-order valence-corrected chi connectivity index (χ3v) is 4.50. The molecule has 0 heterocycles. The maximum atomic E-state index is 8.45. The first-order chi connectivity index (χ1) is 12.7. The molecule has 2 aromatic rings. The van der Waals surface area contributed by atoms with Gasteiger partial charge in [-0.3, -0.25) is 0 Å². The number of benzene rings is 2. The van der Waals surface area contributed by atoms with Crippen molar-refractivity contribution in [2.45, 2.75) is 58.3 Å². The van der Waals surface area contributed by atoms with Crippen LogP contribution >= 0.6 is 8.60 Å². The van der Waals surface area contributed by atoms with E-state index >= 15 is 0 Å². The average molecular weight is 376 g/mol. The summed E-state index contributed by atoms with van der Waals surface area (Å²) in [5.74, 6) is 0. The second-order valence-corrected chi connectivity index (χ2v) is 7.06. The number of unbranched alkanes of at least 4 members (excludes halogenated alkanes) is 7. The number of hydrogen-bond donors (Lipinski definition) is 2. The van der Waals surface area contributed by atoms with E-state index in [4.69, 9.17) is 9.79 Å². The van der Waals surface area contributed by atoms with E-state index in [1.54, 1.807) is 0 Å². The zero-order chi connectivity index (χ0) is 18.9. The van der Waals surface area contributed by atoms with Crippen molar-refractivity contribution >= 4 is 8.60 Å². The van der Waals surface area contributed by atoms with Crippen molar-refractivity contribution in [3.63, 3.8) is 0 Å². The summed E-state index contributed by atoms with van der Waals surface area (Å²) in [6.07, 6.45) is 9.94. The molecule has 0 unspecified atom stereocenters. The quantitative estimate of drug-likeness (QED) is 0.338. The Kier molecular flexibility index (Phi) is 14.0. The van der Waals surface area contributed by atoms with Crippen LogP contribution in [0.25, 0.3) is 11.1 Å². The van der Waals surface area contributed by atoms with Crippen molar-refractivity contribution in [3.8, 4) is 11.1 Å². The highest BCUT2D eigenvalue weighted by atomic mass is 31.2. The molecular weight excluding hydrogens is 343 g/mol. The van der Waals surface area contributed by atoms with E-state index in [2.05, 4.69) is 60.0 Å². The summed E-state index contributed by atoms with van der Waals surface area (Å²) < 4.78 is 4.66. The molecule has 0 amide bonds. The summed E-state index contributed by atoms with van der Waals surface area (Å²) in [5, 5.41) is 0. The lowest BCUT2D eigenvalue weighted by molar-refractivity contribution is 0.248. The summed E-state index contributed by atoms with van der Waals surface area (Å²) in [7, 11) is -2.13. The van der Waals surface area contributed by atoms with Crippen LogP contribution < -0.4 is 0 Å². The van der Waals surface area contributed by atoms with Gasteiger partial charge >= 0.3 is 8.60 Å². The van der Waals surface area contributed by atoms with Crippen LogP contribution in [0, 0.1) is 0 Å². The lowest BCUT2D eigenvalue weighted by Crippen LogP contribution is -1.89. The molecule has 0 aromatic heterocycles. The minimum absolute atomic E-state index is 0.480. The first-order valence-electron chi connectivity index (χ1n) is 9.65. The van der Waals surface area contributed by atoms with Crippen molar-refractivity contribution in [1.82, 2.24) is 0 Å². The summed E-state index contributed by atoms with van der Waals surface area (Å²) in [4.78, 5) is 16.9. The highest BCUT2D eigenvalue weighted by Crippen LogP contribution is 2.24. The Morgan fingerprint density at radius 1 is 0.654 bits per heavy atom. The van der Waals surface area contributed by atoms with E-state index in [0.29, 0.717) is 6.61 Å². The van der Waals surface area contributed by atoms with Crippen molar-refractivity contribution in [2.24, 2.45) is 0 Å². The minimum atomic E-state index is -2.13. The predicted octanol–water partition coefficient (Wildman–Crippen LogP) is 6.71. The minimum Gasteiger partial charge on any atom is -0.328 e. The highest BCUT2D eigenvalue weighted by molar-refractivity contribution is 7.39. The molecule has 0 fully saturated rings. The topological polar surface area (TPSA) is 49.7 Å². The van der Waals surface area contributed by atoms with Crippen molar-refractivity contribution in [2.75, 3.05) is 6.61 Å². The Hall–Kier alpha value is -1.25.